The fourth-order valence-electron chi connectivity index (χ4n) is 3.29. The lowest BCUT2D eigenvalue weighted by atomic mass is 10.1. The summed E-state index contributed by atoms with van der Waals surface area (Å²) in [5, 5.41) is 9.55. The fourth-order valence-corrected chi connectivity index (χ4v) is 3.29. The van der Waals surface area contributed by atoms with E-state index in [0.29, 0.717) is 22.5 Å². The number of hydrogen-bond acceptors (Lipinski definition) is 4. The predicted octanol–water partition coefficient (Wildman–Crippen LogP) is 4.44. The molecule has 1 heterocycles. The van der Waals surface area contributed by atoms with Gasteiger partial charge in [-0.25, -0.2) is 4.79 Å². The van der Waals surface area contributed by atoms with Gasteiger partial charge >= 0.3 is 5.69 Å². The zero-order valence-corrected chi connectivity index (χ0v) is 16.8. The predicted molar refractivity (Wildman–Crippen MR) is 120 cm³/mol. The molecule has 3 aromatic carbocycles. The summed E-state index contributed by atoms with van der Waals surface area (Å²) in [7, 11) is 1.60. The van der Waals surface area contributed by atoms with Crippen molar-refractivity contribution >= 4 is 11.9 Å². The van der Waals surface area contributed by atoms with Crippen LogP contribution in [0.1, 0.15) is 15.9 Å². The van der Waals surface area contributed by atoms with Crippen molar-refractivity contribution < 1.29 is 14.6 Å². The van der Waals surface area contributed by atoms with Crippen LogP contribution in [0.4, 0.5) is 0 Å². The van der Waals surface area contributed by atoms with Crippen LogP contribution in [0.2, 0.25) is 0 Å². The van der Waals surface area contributed by atoms with Gasteiger partial charge in [0.05, 0.1) is 18.5 Å². The molecule has 0 bridgehead atoms. The normalized spacial score (nSPS) is 11.0. The van der Waals surface area contributed by atoms with E-state index in [1.54, 1.807) is 67.9 Å². The maximum Gasteiger partial charge on any atom is 0.330 e. The van der Waals surface area contributed by atoms with Crippen LogP contribution in [0, 0.1) is 0 Å². The van der Waals surface area contributed by atoms with Gasteiger partial charge in [-0.15, -0.1) is 0 Å². The number of carbonyl (C=O) groups is 1. The van der Waals surface area contributed by atoms with Crippen molar-refractivity contribution in [1.29, 1.82) is 0 Å². The lowest BCUT2D eigenvalue weighted by molar-refractivity contribution is 0.104. The van der Waals surface area contributed by atoms with E-state index < -0.39 is 0 Å². The fraction of sp³-hybridized carbons (Fsp3) is 0.0400. The van der Waals surface area contributed by atoms with Gasteiger partial charge in [-0.1, -0.05) is 30.3 Å². The average Bonchev–Trinajstić information content (AvgIpc) is 3.19. The minimum Gasteiger partial charge on any atom is -0.508 e. The molecule has 0 aliphatic carbocycles. The molecule has 6 heteroatoms. The number of aromatic amines is 1. The molecule has 0 atom stereocenters. The number of imidazole rings is 1. The number of carbonyl (C=O) groups excluding carboxylic acids is 1. The molecule has 0 fully saturated rings. The largest absolute Gasteiger partial charge is 0.508 e. The standard InChI is InChI=1S/C25H20N2O4/c1-31-22-11-9-18(10-12-22)23-16-26-25(30)27(23)20-6-3-5-19(15-20)24(29)13-8-17-4-2-7-21(28)14-17/h2-16,28H,1H3,(H,26,30). The summed E-state index contributed by atoms with van der Waals surface area (Å²) in [5.41, 5.74) is 2.95. The first-order valence-corrected chi connectivity index (χ1v) is 9.62. The number of rotatable bonds is 6. The molecule has 1 aromatic heterocycles. The van der Waals surface area contributed by atoms with Crippen LogP contribution in [0.15, 0.2) is 89.9 Å². The highest BCUT2D eigenvalue weighted by Crippen LogP contribution is 2.24. The van der Waals surface area contributed by atoms with E-state index in [-0.39, 0.29) is 17.2 Å². The minimum absolute atomic E-state index is 0.134. The second-order valence-corrected chi connectivity index (χ2v) is 6.89. The first-order valence-electron chi connectivity index (χ1n) is 9.62. The number of phenolic OH excluding ortho intramolecular Hbond substituents is 1. The summed E-state index contributed by atoms with van der Waals surface area (Å²) in [4.78, 5) is 27.9. The molecular weight excluding hydrogens is 392 g/mol. The van der Waals surface area contributed by atoms with E-state index in [9.17, 15) is 14.7 Å². The molecule has 154 valence electrons. The lowest BCUT2D eigenvalue weighted by Gasteiger charge is -2.09. The van der Waals surface area contributed by atoms with Crippen LogP contribution < -0.4 is 10.4 Å². The average molecular weight is 412 g/mol. The number of methoxy groups -OCH3 is 1. The first-order chi connectivity index (χ1) is 15.0. The summed E-state index contributed by atoms with van der Waals surface area (Å²) in [6, 6.07) is 20.9. The Labute approximate surface area is 178 Å². The zero-order chi connectivity index (χ0) is 21.8. The maximum absolute atomic E-state index is 12.7. The number of H-pyrrole nitrogens is 1. The van der Waals surface area contributed by atoms with Crippen molar-refractivity contribution in [3.8, 4) is 28.4 Å². The second-order valence-electron chi connectivity index (χ2n) is 6.89. The minimum atomic E-state index is -0.300. The third-order valence-corrected chi connectivity index (χ3v) is 4.85. The van der Waals surface area contributed by atoms with Crippen LogP contribution in [0.3, 0.4) is 0 Å². The van der Waals surface area contributed by atoms with Gasteiger partial charge in [0.25, 0.3) is 0 Å². The number of hydrogen-bond donors (Lipinski definition) is 2. The molecule has 0 unspecified atom stereocenters. The molecule has 0 saturated heterocycles. The van der Waals surface area contributed by atoms with Gasteiger partial charge in [0.1, 0.15) is 11.5 Å². The van der Waals surface area contributed by atoms with Gasteiger partial charge in [-0.2, -0.15) is 0 Å². The third kappa shape index (κ3) is 4.33. The van der Waals surface area contributed by atoms with Crippen LogP contribution in [-0.4, -0.2) is 27.6 Å². The molecule has 4 rings (SSSR count). The van der Waals surface area contributed by atoms with Crippen LogP contribution in [0.5, 0.6) is 11.5 Å². The van der Waals surface area contributed by atoms with Crippen molar-refractivity contribution in [2.75, 3.05) is 7.11 Å². The summed E-state index contributed by atoms with van der Waals surface area (Å²) in [5.74, 6) is 0.647. The van der Waals surface area contributed by atoms with Crippen molar-refractivity contribution in [2.45, 2.75) is 0 Å². The highest BCUT2D eigenvalue weighted by Gasteiger charge is 2.12. The highest BCUT2D eigenvalue weighted by molar-refractivity contribution is 6.07. The second kappa shape index (κ2) is 8.59. The van der Waals surface area contributed by atoms with Crippen LogP contribution in [-0.2, 0) is 0 Å². The number of phenols is 1. The van der Waals surface area contributed by atoms with Gasteiger partial charge in [0.2, 0.25) is 0 Å². The molecule has 0 radical (unpaired) electrons. The van der Waals surface area contributed by atoms with E-state index in [0.717, 1.165) is 11.3 Å². The summed E-state index contributed by atoms with van der Waals surface area (Å²) >= 11 is 0. The Morgan fingerprint density at radius 3 is 2.55 bits per heavy atom. The molecular formula is C25H20N2O4. The van der Waals surface area contributed by atoms with Crippen LogP contribution in [0.25, 0.3) is 23.0 Å². The molecule has 0 spiro atoms. The van der Waals surface area contributed by atoms with Crippen molar-refractivity contribution in [3.05, 3.63) is 107 Å². The summed E-state index contributed by atoms with van der Waals surface area (Å²) in [6.07, 6.45) is 4.72. The number of nitrogens with one attached hydrogen (secondary N) is 1. The van der Waals surface area contributed by atoms with Crippen LogP contribution >= 0.6 is 0 Å². The Bertz CT molecular complexity index is 1310. The van der Waals surface area contributed by atoms with Gasteiger partial charge in [-0.3, -0.25) is 9.36 Å². The Kier molecular flexibility index (Phi) is 5.53. The van der Waals surface area contributed by atoms with E-state index in [4.69, 9.17) is 4.74 Å². The number of allylic oxidation sites excluding steroid dienone is 1. The van der Waals surface area contributed by atoms with Crippen molar-refractivity contribution in [3.63, 3.8) is 0 Å². The SMILES string of the molecule is COc1ccc(-c2c[nH]c(=O)n2-c2cccc(C(=O)C=Cc3cccc(O)c3)c2)cc1. The van der Waals surface area contributed by atoms with Gasteiger partial charge in [-0.05, 0) is 60.2 Å². The lowest BCUT2D eigenvalue weighted by Crippen LogP contribution is -2.16. The van der Waals surface area contributed by atoms with Crippen molar-refractivity contribution in [2.24, 2.45) is 0 Å². The molecule has 0 amide bonds. The number of aromatic hydroxyl groups is 1. The van der Waals surface area contributed by atoms with E-state index in [2.05, 4.69) is 4.98 Å². The Morgan fingerprint density at radius 1 is 1.03 bits per heavy atom. The monoisotopic (exact) mass is 412 g/mol. The number of nitrogens with zero attached hydrogens (tertiary/aromatic N) is 1. The highest BCUT2D eigenvalue weighted by atomic mass is 16.5. The van der Waals surface area contributed by atoms with E-state index in [1.165, 1.54) is 10.6 Å². The zero-order valence-electron chi connectivity index (χ0n) is 16.8. The quantitative estimate of drug-likeness (QED) is 0.362. The molecule has 0 aliphatic rings. The van der Waals surface area contributed by atoms with E-state index in [1.807, 2.05) is 24.3 Å². The van der Waals surface area contributed by atoms with E-state index >= 15 is 0 Å². The molecule has 2 N–H and O–H groups in total. The molecule has 0 aliphatic heterocycles. The number of ether oxygens (including phenoxy) is 1. The topological polar surface area (TPSA) is 84.3 Å². The smallest absolute Gasteiger partial charge is 0.330 e. The van der Waals surface area contributed by atoms with Gasteiger partial charge in [0, 0.05) is 17.3 Å². The number of aromatic nitrogens is 2. The maximum atomic E-state index is 12.7. The Morgan fingerprint density at radius 2 is 1.81 bits per heavy atom. The molecule has 4 aromatic rings. The first kappa shape index (κ1) is 20.0. The number of benzene rings is 3. The molecule has 6 nitrogen and oxygen atoms in total. The molecule has 31 heavy (non-hydrogen) atoms. The Hall–Kier alpha value is -4.32. The van der Waals surface area contributed by atoms with Crippen molar-refractivity contribution in [1.82, 2.24) is 9.55 Å². The summed E-state index contributed by atoms with van der Waals surface area (Å²) in [6.45, 7) is 0. The molecule has 0 saturated carbocycles. The third-order valence-electron chi connectivity index (χ3n) is 4.85. The summed E-state index contributed by atoms with van der Waals surface area (Å²) < 4.78 is 6.72. The van der Waals surface area contributed by atoms with Gasteiger partial charge < -0.3 is 14.8 Å². The van der Waals surface area contributed by atoms with Gasteiger partial charge in [0.15, 0.2) is 5.78 Å². The Balaban J connectivity index is 1.66. The number of ketones is 1.